The molecule has 0 aromatic heterocycles. The topological polar surface area (TPSA) is 12.0 Å². The van der Waals surface area contributed by atoms with E-state index in [1.54, 1.807) is 11.1 Å². The van der Waals surface area contributed by atoms with E-state index in [2.05, 4.69) is 66.0 Å². The molecule has 1 N–H and O–H groups in total. The number of hydrogen-bond acceptors (Lipinski definition) is 1. The monoisotopic (exact) mass is 275 g/mol. The summed E-state index contributed by atoms with van der Waals surface area (Å²) in [5, 5.41) is 3.52. The second-order valence-corrected chi connectivity index (χ2v) is 6.25. The third-order valence-electron chi connectivity index (χ3n) is 5.12. The number of benzene rings is 2. The van der Waals surface area contributed by atoms with Gasteiger partial charge >= 0.3 is 0 Å². The van der Waals surface area contributed by atoms with Gasteiger partial charge in [0.25, 0.3) is 0 Å². The van der Waals surface area contributed by atoms with Gasteiger partial charge < -0.3 is 5.32 Å². The van der Waals surface area contributed by atoms with Crippen molar-refractivity contribution in [1.29, 1.82) is 0 Å². The van der Waals surface area contributed by atoms with Crippen LogP contribution in [0.15, 0.2) is 60.2 Å². The van der Waals surface area contributed by atoms with Gasteiger partial charge in [-0.2, -0.15) is 0 Å². The molecule has 1 aliphatic carbocycles. The number of fused-ring (bicyclic) bond motifs is 2. The lowest BCUT2D eigenvalue weighted by molar-refractivity contribution is 0.357. The smallest absolute Gasteiger partial charge is 0.0198 e. The highest BCUT2D eigenvalue weighted by Crippen LogP contribution is 2.48. The Bertz CT molecular complexity index is 663. The molecular formula is C20H21N. The maximum absolute atomic E-state index is 3.52. The summed E-state index contributed by atoms with van der Waals surface area (Å²) in [6.45, 7) is 2.25. The largest absolute Gasteiger partial charge is 0.317 e. The van der Waals surface area contributed by atoms with Gasteiger partial charge in [0.1, 0.15) is 0 Å². The fourth-order valence-electron chi connectivity index (χ4n) is 4.04. The highest BCUT2D eigenvalue weighted by atomic mass is 14.9. The first-order valence-electron chi connectivity index (χ1n) is 7.94. The van der Waals surface area contributed by atoms with Crippen LogP contribution in [-0.2, 0) is 11.8 Å². The molecule has 2 aliphatic rings. The Morgan fingerprint density at radius 1 is 0.857 bits per heavy atom. The van der Waals surface area contributed by atoms with Crippen molar-refractivity contribution in [2.24, 2.45) is 0 Å². The first kappa shape index (κ1) is 12.8. The van der Waals surface area contributed by atoms with Gasteiger partial charge in [0, 0.05) is 5.41 Å². The maximum atomic E-state index is 3.52. The molecule has 1 saturated heterocycles. The maximum Gasteiger partial charge on any atom is 0.0198 e. The molecule has 0 unspecified atom stereocenters. The molecule has 1 aliphatic heterocycles. The Morgan fingerprint density at radius 2 is 1.57 bits per heavy atom. The van der Waals surface area contributed by atoms with Crippen molar-refractivity contribution < 1.29 is 0 Å². The zero-order valence-corrected chi connectivity index (χ0v) is 12.3. The van der Waals surface area contributed by atoms with Crippen LogP contribution < -0.4 is 5.32 Å². The van der Waals surface area contributed by atoms with Crippen molar-refractivity contribution >= 4 is 6.08 Å². The van der Waals surface area contributed by atoms with Crippen LogP contribution in [0.5, 0.6) is 0 Å². The highest BCUT2D eigenvalue weighted by Gasteiger charge is 2.41. The van der Waals surface area contributed by atoms with E-state index < -0.39 is 0 Å². The number of hydrogen-bond donors (Lipinski definition) is 1. The number of nitrogens with one attached hydrogen (secondary N) is 1. The summed E-state index contributed by atoms with van der Waals surface area (Å²) < 4.78 is 0. The van der Waals surface area contributed by atoms with Crippen LogP contribution in [0.25, 0.3) is 6.08 Å². The predicted octanol–water partition coefficient (Wildman–Crippen LogP) is 3.95. The SMILES string of the molecule is C1=C(Cc2ccccc2)C2(CCNCC2)c2ccccc21. The van der Waals surface area contributed by atoms with Crippen LogP contribution in [0.1, 0.15) is 29.5 Å². The summed E-state index contributed by atoms with van der Waals surface area (Å²) in [5.74, 6) is 0. The fraction of sp³-hybridized carbons (Fsp3) is 0.300. The molecule has 1 heteroatoms. The lowest BCUT2D eigenvalue weighted by atomic mass is 9.69. The zero-order valence-electron chi connectivity index (χ0n) is 12.3. The highest BCUT2D eigenvalue weighted by molar-refractivity contribution is 5.70. The van der Waals surface area contributed by atoms with Crippen LogP contribution in [-0.4, -0.2) is 13.1 Å². The van der Waals surface area contributed by atoms with Crippen LogP contribution in [0.2, 0.25) is 0 Å². The first-order valence-corrected chi connectivity index (χ1v) is 7.94. The van der Waals surface area contributed by atoms with E-state index in [-0.39, 0.29) is 5.41 Å². The second kappa shape index (κ2) is 5.16. The fourth-order valence-corrected chi connectivity index (χ4v) is 4.04. The van der Waals surface area contributed by atoms with Gasteiger partial charge in [0.05, 0.1) is 0 Å². The Kier molecular flexibility index (Phi) is 3.16. The molecule has 2 aromatic rings. The molecule has 2 aromatic carbocycles. The lowest BCUT2D eigenvalue weighted by Crippen LogP contribution is -2.40. The minimum Gasteiger partial charge on any atom is -0.317 e. The van der Waals surface area contributed by atoms with Gasteiger partial charge in [-0.3, -0.25) is 0 Å². The van der Waals surface area contributed by atoms with Crippen molar-refractivity contribution in [1.82, 2.24) is 5.32 Å². The number of allylic oxidation sites excluding steroid dienone is 1. The van der Waals surface area contributed by atoms with Crippen molar-refractivity contribution in [3.8, 4) is 0 Å². The quantitative estimate of drug-likeness (QED) is 0.875. The van der Waals surface area contributed by atoms with E-state index in [1.807, 2.05) is 0 Å². The van der Waals surface area contributed by atoms with Gasteiger partial charge in [-0.1, -0.05) is 66.2 Å². The molecule has 4 rings (SSSR count). The molecule has 0 amide bonds. The Labute approximate surface area is 126 Å². The van der Waals surface area contributed by atoms with Gasteiger partial charge in [-0.05, 0) is 49.0 Å². The molecule has 21 heavy (non-hydrogen) atoms. The van der Waals surface area contributed by atoms with Crippen LogP contribution in [0, 0.1) is 0 Å². The van der Waals surface area contributed by atoms with Crippen LogP contribution in [0.3, 0.4) is 0 Å². The molecule has 1 spiro atoms. The number of rotatable bonds is 2. The molecule has 1 nitrogen and oxygen atoms in total. The van der Waals surface area contributed by atoms with Gasteiger partial charge in [-0.15, -0.1) is 0 Å². The Morgan fingerprint density at radius 3 is 2.38 bits per heavy atom. The van der Waals surface area contributed by atoms with E-state index in [0.29, 0.717) is 0 Å². The van der Waals surface area contributed by atoms with Crippen LogP contribution >= 0.6 is 0 Å². The average molecular weight is 275 g/mol. The number of piperidine rings is 1. The molecule has 0 saturated carbocycles. The lowest BCUT2D eigenvalue weighted by Gasteiger charge is -2.38. The summed E-state index contributed by atoms with van der Waals surface area (Å²) in [7, 11) is 0. The van der Waals surface area contributed by atoms with Crippen molar-refractivity contribution in [3.63, 3.8) is 0 Å². The average Bonchev–Trinajstić information content (AvgIpc) is 2.83. The van der Waals surface area contributed by atoms with E-state index in [9.17, 15) is 0 Å². The second-order valence-electron chi connectivity index (χ2n) is 6.25. The molecule has 0 radical (unpaired) electrons. The van der Waals surface area contributed by atoms with Crippen molar-refractivity contribution in [3.05, 3.63) is 76.9 Å². The molecule has 0 atom stereocenters. The summed E-state index contributed by atoms with van der Waals surface area (Å²) in [4.78, 5) is 0. The van der Waals surface area contributed by atoms with E-state index >= 15 is 0 Å². The van der Waals surface area contributed by atoms with E-state index in [1.165, 1.54) is 24.0 Å². The Balaban J connectivity index is 1.75. The van der Waals surface area contributed by atoms with Gasteiger partial charge in [0.2, 0.25) is 0 Å². The zero-order chi connectivity index (χ0) is 14.1. The van der Waals surface area contributed by atoms with Gasteiger partial charge in [0.15, 0.2) is 0 Å². The molecular weight excluding hydrogens is 254 g/mol. The van der Waals surface area contributed by atoms with Crippen molar-refractivity contribution in [2.75, 3.05) is 13.1 Å². The summed E-state index contributed by atoms with van der Waals surface area (Å²) >= 11 is 0. The minimum atomic E-state index is 0.275. The molecule has 0 bridgehead atoms. The molecule has 106 valence electrons. The molecule has 1 heterocycles. The van der Waals surface area contributed by atoms with Crippen molar-refractivity contribution in [2.45, 2.75) is 24.7 Å². The Hall–Kier alpha value is -1.86. The summed E-state index contributed by atoms with van der Waals surface area (Å²) in [6, 6.07) is 19.9. The minimum absolute atomic E-state index is 0.275. The first-order chi connectivity index (χ1) is 10.4. The van der Waals surface area contributed by atoms with Crippen LogP contribution in [0.4, 0.5) is 0 Å². The standard InChI is InChI=1S/C20H21N/c1-2-6-16(7-3-1)14-18-15-17-8-4-5-9-19(17)20(18)10-12-21-13-11-20/h1-9,15,21H,10-14H2. The predicted molar refractivity (Wildman–Crippen MR) is 88.3 cm³/mol. The summed E-state index contributed by atoms with van der Waals surface area (Å²) in [6.07, 6.45) is 5.98. The van der Waals surface area contributed by atoms with Gasteiger partial charge in [-0.25, -0.2) is 0 Å². The van der Waals surface area contributed by atoms with E-state index in [0.717, 1.165) is 19.5 Å². The normalized spacial score (nSPS) is 19.3. The third-order valence-corrected chi connectivity index (χ3v) is 5.12. The summed E-state index contributed by atoms with van der Waals surface area (Å²) in [5.41, 5.74) is 6.30. The third kappa shape index (κ3) is 2.13. The van der Waals surface area contributed by atoms with E-state index in [4.69, 9.17) is 0 Å². The molecule has 1 fully saturated rings.